The summed E-state index contributed by atoms with van der Waals surface area (Å²) in [5.41, 5.74) is 1.75. The topological polar surface area (TPSA) is 47.9 Å². The molecule has 0 spiro atoms. The van der Waals surface area contributed by atoms with Gasteiger partial charge < -0.3 is 9.47 Å². The van der Waals surface area contributed by atoms with E-state index in [0.29, 0.717) is 17.4 Å². The first-order valence-electron chi connectivity index (χ1n) is 7.31. The Morgan fingerprint density at radius 2 is 1.83 bits per heavy atom. The van der Waals surface area contributed by atoms with Crippen LogP contribution in [0.5, 0.6) is 5.75 Å². The van der Waals surface area contributed by atoms with Gasteiger partial charge >= 0.3 is 5.97 Å². The number of ether oxygens (including phenoxy) is 2. The lowest BCUT2D eigenvalue weighted by atomic mass is 10.2. The van der Waals surface area contributed by atoms with Gasteiger partial charge in [0.25, 0.3) is 0 Å². The van der Waals surface area contributed by atoms with Gasteiger partial charge in [-0.2, -0.15) is 0 Å². The van der Waals surface area contributed by atoms with Crippen molar-refractivity contribution < 1.29 is 14.3 Å². The van der Waals surface area contributed by atoms with Crippen molar-refractivity contribution in [1.82, 2.24) is 0 Å². The number of hydrogen-bond donors (Lipinski definition) is 0. The highest BCUT2D eigenvalue weighted by Gasteiger charge is 2.15. The maximum atomic E-state index is 11.5. The summed E-state index contributed by atoms with van der Waals surface area (Å²) < 4.78 is 10.4. The fraction of sp³-hybridized carbons (Fsp3) is 0.222. The molecule has 2 aromatic carbocycles. The van der Waals surface area contributed by atoms with Crippen LogP contribution in [0, 0.1) is 0 Å². The molecule has 2 rings (SSSR count). The van der Waals surface area contributed by atoms with E-state index in [2.05, 4.69) is 4.99 Å². The molecule has 2 aromatic rings. The van der Waals surface area contributed by atoms with Crippen LogP contribution in [0.1, 0.15) is 19.4 Å². The number of nitrogens with zero attached hydrogens (tertiary/aromatic N) is 1. The summed E-state index contributed by atoms with van der Waals surface area (Å²) in [5.74, 6) is 0.232. The molecule has 0 aliphatic heterocycles. The number of carbonyl (C=O) groups excluding carboxylic acids is 1. The van der Waals surface area contributed by atoms with Crippen molar-refractivity contribution in [2.75, 3.05) is 6.61 Å². The third kappa shape index (κ3) is 5.42. The molecule has 1 unspecified atom stereocenters. The zero-order chi connectivity index (χ0) is 16.7. The zero-order valence-corrected chi connectivity index (χ0v) is 13.8. The monoisotopic (exact) mass is 331 g/mol. The molecular weight excluding hydrogens is 314 g/mol. The van der Waals surface area contributed by atoms with Gasteiger partial charge in [0, 0.05) is 11.2 Å². The van der Waals surface area contributed by atoms with Gasteiger partial charge in [0.2, 0.25) is 0 Å². The Hall–Kier alpha value is -2.33. The lowest BCUT2D eigenvalue weighted by Crippen LogP contribution is -2.26. The van der Waals surface area contributed by atoms with E-state index in [4.69, 9.17) is 21.1 Å². The number of hydrogen-bond acceptors (Lipinski definition) is 4. The van der Waals surface area contributed by atoms with Crippen LogP contribution >= 0.6 is 11.6 Å². The predicted octanol–water partition coefficient (Wildman–Crippen LogP) is 4.42. The molecule has 0 aromatic heterocycles. The molecule has 0 aliphatic rings. The van der Waals surface area contributed by atoms with Gasteiger partial charge in [-0.25, -0.2) is 4.79 Å². The molecule has 0 saturated carbocycles. The summed E-state index contributed by atoms with van der Waals surface area (Å²) in [6.07, 6.45) is 1.12. The van der Waals surface area contributed by atoms with Crippen molar-refractivity contribution in [3.8, 4) is 5.75 Å². The van der Waals surface area contributed by atoms with Gasteiger partial charge in [0.15, 0.2) is 6.10 Å². The van der Waals surface area contributed by atoms with Crippen LogP contribution in [0.25, 0.3) is 0 Å². The lowest BCUT2D eigenvalue weighted by Gasteiger charge is -2.13. The summed E-state index contributed by atoms with van der Waals surface area (Å²) in [5, 5.41) is 0.682. The first-order valence-corrected chi connectivity index (χ1v) is 7.69. The van der Waals surface area contributed by atoms with Gasteiger partial charge in [0.05, 0.1) is 12.3 Å². The maximum Gasteiger partial charge on any atom is 0.347 e. The Morgan fingerprint density at radius 1 is 1.17 bits per heavy atom. The van der Waals surface area contributed by atoms with Crippen molar-refractivity contribution in [1.29, 1.82) is 0 Å². The van der Waals surface area contributed by atoms with E-state index >= 15 is 0 Å². The number of halogens is 1. The zero-order valence-electron chi connectivity index (χ0n) is 13.0. The SMILES string of the molecule is CCOC(=O)C(C)Oc1ccc(/C=N/c2ccc(Cl)cc2)cc1. The molecule has 0 radical (unpaired) electrons. The standard InChI is InChI=1S/C18H18ClNO3/c1-3-22-18(21)13(2)23-17-10-4-14(5-11-17)12-20-16-8-6-15(19)7-9-16/h4-13H,3H2,1-2H3/b20-12+. The molecule has 0 fully saturated rings. The van der Waals surface area contributed by atoms with Crippen LogP contribution in [0.2, 0.25) is 5.02 Å². The van der Waals surface area contributed by atoms with Gasteiger partial charge in [-0.1, -0.05) is 11.6 Å². The van der Waals surface area contributed by atoms with Crippen molar-refractivity contribution in [2.45, 2.75) is 20.0 Å². The van der Waals surface area contributed by atoms with Crippen LogP contribution in [0.3, 0.4) is 0 Å². The fourth-order valence-corrected chi connectivity index (χ4v) is 1.95. The molecule has 0 amide bonds. The number of carbonyl (C=O) groups is 1. The molecule has 0 heterocycles. The van der Waals surface area contributed by atoms with E-state index in [9.17, 15) is 4.79 Å². The molecule has 120 valence electrons. The van der Waals surface area contributed by atoms with Gasteiger partial charge in [-0.3, -0.25) is 4.99 Å². The van der Waals surface area contributed by atoms with Crippen LogP contribution in [-0.2, 0) is 9.53 Å². The summed E-state index contributed by atoms with van der Waals surface area (Å²) in [6, 6.07) is 14.6. The van der Waals surface area contributed by atoms with E-state index in [1.807, 2.05) is 24.3 Å². The van der Waals surface area contributed by atoms with Crippen molar-refractivity contribution >= 4 is 29.5 Å². The average molecular weight is 332 g/mol. The first kappa shape index (κ1) is 17.0. The second kappa shape index (κ2) is 8.34. The Balaban J connectivity index is 1.96. The second-order valence-corrected chi connectivity index (χ2v) is 5.25. The highest BCUT2D eigenvalue weighted by Crippen LogP contribution is 2.17. The van der Waals surface area contributed by atoms with Gasteiger partial charge in [-0.05, 0) is 67.9 Å². The highest BCUT2D eigenvalue weighted by molar-refractivity contribution is 6.30. The molecule has 0 saturated heterocycles. The van der Waals surface area contributed by atoms with E-state index in [1.54, 1.807) is 44.3 Å². The quantitative estimate of drug-likeness (QED) is 0.581. The lowest BCUT2D eigenvalue weighted by molar-refractivity contribution is -0.150. The minimum absolute atomic E-state index is 0.340. The van der Waals surface area contributed by atoms with Crippen LogP contribution in [-0.4, -0.2) is 24.9 Å². The van der Waals surface area contributed by atoms with Crippen molar-refractivity contribution in [2.24, 2.45) is 4.99 Å². The van der Waals surface area contributed by atoms with E-state index < -0.39 is 6.10 Å². The Kier molecular flexibility index (Phi) is 6.18. The summed E-state index contributed by atoms with van der Waals surface area (Å²) in [6.45, 7) is 3.76. The Morgan fingerprint density at radius 3 is 2.43 bits per heavy atom. The maximum absolute atomic E-state index is 11.5. The largest absolute Gasteiger partial charge is 0.479 e. The molecule has 5 heteroatoms. The Bertz CT molecular complexity index is 666. The fourth-order valence-electron chi connectivity index (χ4n) is 1.82. The minimum Gasteiger partial charge on any atom is -0.479 e. The molecule has 4 nitrogen and oxygen atoms in total. The molecule has 23 heavy (non-hydrogen) atoms. The van der Waals surface area contributed by atoms with Crippen LogP contribution < -0.4 is 4.74 Å². The third-order valence-electron chi connectivity index (χ3n) is 3.00. The van der Waals surface area contributed by atoms with Crippen molar-refractivity contribution in [3.63, 3.8) is 0 Å². The normalized spacial score (nSPS) is 12.1. The first-order chi connectivity index (χ1) is 11.1. The smallest absolute Gasteiger partial charge is 0.347 e. The summed E-state index contributed by atoms with van der Waals surface area (Å²) in [7, 11) is 0. The molecule has 0 aliphatic carbocycles. The number of benzene rings is 2. The van der Waals surface area contributed by atoms with E-state index in [1.165, 1.54) is 0 Å². The molecular formula is C18H18ClNO3. The summed E-state index contributed by atoms with van der Waals surface area (Å²) in [4.78, 5) is 15.9. The predicted molar refractivity (Wildman–Crippen MR) is 91.9 cm³/mol. The summed E-state index contributed by atoms with van der Waals surface area (Å²) >= 11 is 5.83. The molecule has 0 bridgehead atoms. The van der Waals surface area contributed by atoms with Crippen LogP contribution in [0.15, 0.2) is 53.5 Å². The number of esters is 1. The average Bonchev–Trinajstić information content (AvgIpc) is 2.56. The van der Waals surface area contributed by atoms with Gasteiger partial charge in [-0.15, -0.1) is 0 Å². The van der Waals surface area contributed by atoms with Crippen LogP contribution in [0.4, 0.5) is 5.69 Å². The van der Waals surface area contributed by atoms with E-state index in [-0.39, 0.29) is 5.97 Å². The minimum atomic E-state index is -0.636. The Labute approximate surface area is 140 Å². The highest BCUT2D eigenvalue weighted by atomic mass is 35.5. The van der Waals surface area contributed by atoms with Gasteiger partial charge in [0.1, 0.15) is 5.75 Å². The number of aliphatic imine (C=N–C) groups is 1. The van der Waals surface area contributed by atoms with Crippen molar-refractivity contribution in [3.05, 3.63) is 59.1 Å². The number of rotatable bonds is 6. The molecule has 1 atom stereocenters. The van der Waals surface area contributed by atoms with E-state index in [0.717, 1.165) is 11.3 Å². The molecule has 0 N–H and O–H groups in total. The third-order valence-corrected chi connectivity index (χ3v) is 3.25. The second-order valence-electron chi connectivity index (χ2n) is 4.82.